The van der Waals surface area contributed by atoms with E-state index in [0.29, 0.717) is 4.31 Å². The largest absolute Gasteiger partial charge is 0.481 e. The molecule has 3 rings (SSSR count). The van der Waals surface area contributed by atoms with Gasteiger partial charge >= 0.3 is 12.0 Å². The highest BCUT2D eigenvalue weighted by atomic mass is 32.2. The summed E-state index contributed by atoms with van der Waals surface area (Å²) in [6.07, 6.45) is -10.3. The van der Waals surface area contributed by atoms with Crippen LogP contribution in [-0.2, 0) is 19.6 Å². The molecular weight excluding hydrogens is 464 g/mol. The first-order chi connectivity index (χ1) is 15.5. The number of nitrogen functional groups attached to an aromatic ring is 1. The lowest BCUT2D eigenvalue weighted by molar-refractivity contribution is -0.224. The van der Waals surface area contributed by atoms with Crippen LogP contribution in [0.3, 0.4) is 0 Å². The van der Waals surface area contributed by atoms with E-state index >= 15 is 0 Å². The van der Waals surface area contributed by atoms with Gasteiger partial charge in [-0.2, -0.15) is 9.97 Å². The van der Waals surface area contributed by atoms with Gasteiger partial charge in [0.25, 0.3) is 10.0 Å². The monoisotopic (exact) mass is 486 g/mol. The Morgan fingerprint density at radius 3 is 2.24 bits per heavy atom. The van der Waals surface area contributed by atoms with E-state index in [1.54, 1.807) is 0 Å². The van der Waals surface area contributed by atoms with Crippen LogP contribution in [0.25, 0.3) is 0 Å². The van der Waals surface area contributed by atoms with Gasteiger partial charge in [0.2, 0.25) is 5.88 Å². The number of nitrogens with two attached hydrogens (primary N) is 1. The van der Waals surface area contributed by atoms with Crippen molar-refractivity contribution in [2.45, 2.75) is 35.5 Å². The van der Waals surface area contributed by atoms with E-state index in [-0.39, 0.29) is 22.5 Å². The third kappa shape index (κ3) is 4.62. The molecule has 0 spiro atoms. The summed E-state index contributed by atoms with van der Waals surface area (Å²) >= 11 is 0. The van der Waals surface area contributed by atoms with Crippen molar-refractivity contribution in [3.05, 3.63) is 30.3 Å². The van der Waals surface area contributed by atoms with Crippen LogP contribution in [0.5, 0.6) is 11.9 Å². The summed E-state index contributed by atoms with van der Waals surface area (Å²) in [7, 11) is -2.18. The predicted octanol–water partition coefficient (Wildman–Crippen LogP) is -1.84. The Bertz CT molecular complexity index is 1090. The first kappa shape index (κ1) is 24.4. The number of carbonyl (C=O) groups is 1. The number of rotatable bonds is 7. The first-order valence-corrected chi connectivity index (χ1v) is 10.7. The van der Waals surface area contributed by atoms with Crippen molar-refractivity contribution in [3.63, 3.8) is 0 Å². The fraction of sp³-hybridized carbons (Fsp3) is 0.389. The molecule has 1 fully saturated rings. The zero-order valence-corrected chi connectivity index (χ0v) is 18.2. The van der Waals surface area contributed by atoms with Gasteiger partial charge in [-0.15, -0.1) is 0 Å². The number of aliphatic hydroxyl groups excluding tert-OH is 3. The molecule has 15 heteroatoms. The minimum atomic E-state index is -4.64. The highest BCUT2D eigenvalue weighted by Crippen LogP contribution is 2.34. The van der Waals surface area contributed by atoms with Crippen molar-refractivity contribution in [1.29, 1.82) is 0 Å². The number of benzene rings is 1. The van der Waals surface area contributed by atoms with Crippen molar-refractivity contribution in [2.24, 2.45) is 0 Å². The fourth-order valence-corrected chi connectivity index (χ4v) is 4.60. The summed E-state index contributed by atoms with van der Waals surface area (Å²) in [5, 5.41) is 40.2. The summed E-state index contributed by atoms with van der Waals surface area (Å²) < 4.78 is 42.9. The molecule has 0 radical (unpaired) electrons. The molecule has 1 saturated heterocycles. The van der Waals surface area contributed by atoms with E-state index in [0.717, 1.165) is 6.07 Å². The lowest BCUT2D eigenvalue weighted by Gasteiger charge is -2.43. The number of aliphatic carboxylic acids is 1. The fourth-order valence-electron chi connectivity index (χ4n) is 3.10. The molecule has 1 aliphatic rings. The molecule has 2 heterocycles. The van der Waals surface area contributed by atoms with E-state index in [1.165, 1.54) is 38.5 Å². The average Bonchev–Trinajstić information content (AvgIpc) is 2.78. The van der Waals surface area contributed by atoms with Crippen LogP contribution in [0.15, 0.2) is 35.2 Å². The minimum absolute atomic E-state index is 0.130. The number of carboxylic acid groups (broad SMARTS) is 1. The van der Waals surface area contributed by atoms with Crippen LogP contribution in [0.1, 0.15) is 0 Å². The third-order valence-corrected chi connectivity index (χ3v) is 6.57. The summed E-state index contributed by atoms with van der Waals surface area (Å²) in [5.74, 6) is -2.26. The van der Waals surface area contributed by atoms with Gasteiger partial charge in [-0.05, 0) is 24.3 Å². The molecule has 6 N–H and O–H groups in total. The maximum Gasteiger partial charge on any atom is 0.335 e. The molecule has 14 nitrogen and oxygen atoms in total. The van der Waals surface area contributed by atoms with Crippen LogP contribution < -0.4 is 19.5 Å². The Hall–Kier alpha value is -3.24. The normalized spacial score (nSPS) is 25.3. The minimum Gasteiger partial charge on any atom is -0.481 e. The maximum absolute atomic E-state index is 13.6. The van der Waals surface area contributed by atoms with E-state index in [9.17, 15) is 33.6 Å². The number of aromatic nitrogens is 2. The summed E-state index contributed by atoms with van der Waals surface area (Å²) in [4.78, 5) is 19.1. The molecule has 2 aromatic rings. The van der Waals surface area contributed by atoms with Crippen LogP contribution in [0, 0.1) is 0 Å². The molecule has 1 aromatic carbocycles. The zero-order valence-electron chi connectivity index (χ0n) is 17.3. The second-order valence-corrected chi connectivity index (χ2v) is 8.70. The number of carboxylic acids is 1. The van der Waals surface area contributed by atoms with Crippen molar-refractivity contribution >= 4 is 27.5 Å². The van der Waals surface area contributed by atoms with Gasteiger partial charge in [-0.3, -0.25) is 0 Å². The van der Waals surface area contributed by atoms with Crippen molar-refractivity contribution in [3.8, 4) is 11.9 Å². The Kier molecular flexibility index (Phi) is 6.89. The standard InChI is InChI=1S/C18H22N4O10S/c1-30-11-7-10(20-18(21-11)31-2)22(33(28,29)9-5-3-8(19)4-6-9)16-14(25)12(23)13(24)15(32-16)17(26)27/h3-7,12-16,23-25H,19H2,1-2H3,(H,26,27). The molecule has 5 atom stereocenters. The van der Waals surface area contributed by atoms with E-state index in [4.69, 9.17) is 19.9 Å². The Labute approximate surface area is 187 Å². The number of hydrogen-bond acceptors (Lipinski definition) is 12. The number of anilines is 2. The quantitative estimate of drug-likeness (QED) is 0.272. The molecule has 0 saturated carbocycles. The van der Waals surface area contributed by atoms with Crippen LogP contribution in [0.4, 0.5) is 11.5 Å². The first-order valence-electron chi connectivity index (χ1n) is 9.30. The number of ether oxygens (including phenoxy) is 3. The molecule has 1 aliphatic heterocycles. The number of aliphatic hydroxyl groups is 3. The van der Waals surface area contributed by atoms with Crippen LogP contribution in [0.2, 0.25) is 0 Å². The van der Waals surface area contributed by atoms with Crippen molar-refractivity contribution in [2.75, 3.05) is 24.3 Å². The predicted molar refractivity (Wildman–Crippen MR) is 110 cm³/mol. The molecule has 180 valence electrons. The van der Waals surface area contributed by atoms with Gasteiger partial charge in [0.15, 0.2) is 18.1 Å². The van der Waals surface area contributed by atoms with Crippen molar-refractivity contribution in [1.82, 2.24) is 9.97 Å². The molecule has 1 aromatic heterocycles. The van der Waals surface area contributed by atoms with Crippen LogP contribution in [-0.4, -0.2) is 89.6 Å². The number of nitrogens with zero attached hydrogens (tertiary/aromatic N) is 3. The molecule has 0 amide bonds. The summed E-state index contributed by atoms with van der Waals surface area (Å²) in [6.45, 7) is 0. The SMILES string of the molecule is COc1cc(N(C2OC(C(=O)O)C(O)C(O)C2O)S(=O)(=O)c2ccc(N)cc2)nc(OC)n1. The lowest BCUT2D eigenvalue weighted by Crippen LogP contribution is -2.65. The molecular formula is C18H22N4O10S. The Morgan fingerprint density at radius 2 is 1.70 bits per heavy atom. The highest BCUT2D eigenvalue weighted by Gasteiger charge is 2.52. The average molecular weight is 486 g/mol. The smallest absolute Gasteiger partial charge is 0.335 e. The number of sulfonamides is 1. The second-order valence-electron chi connectivity index (χ2n) is 6.88. The second kappa shape index (κ2) is 9.32. The topological polar surface area (TPSA) is 215 Å². The van der Waals surface area contributed by atoms with E-state index in [1.807, 2.05) is 0 Å². The number of methoxy groups -OCH3 is 2. The Morgan fingerprint density at radius 1 is 1.06 bits per heavy atom. The van der Waals surface area contributed by atoms with E-state index < -0.39 is 52.5 Å². The highest BCUT2D eigenvalue weighted by molar-refractivity contribution is 7.92. The van der Waals surface area contributed by atoms with Gasteiger partial charge < -0.3 is 40.4 Å². The van der Waals surface area contributed by atoms with Gasteiger partial charge in [0.05, 0.1) is 19.1 Å². The van der Waals surface area contributed by atoms with Gasteiger partial charge in [-0.1, -0.05) is 0 Å². The zero-order chi connectivity index (χ0) is 24.5. The van der Waals surface area contributed by atoms with Gasteiger partial charge in [0.1, 0.15) is 18.3 Å². The van der Waals surface area contributed by atoms with Gasteiger partial charge in [0, 0.05) is 11.8 Å². The lowest BCUT2D eigenvalue weighted by atomic mass is 9.98. The van der Waals surface area contributed by atoms with Crippen LogP contribution >= 0.6 is 0 Å². The Balaban J connectivity index is 2.23. The molecule has 5 unspecified atom stereocenters. The molecule has 0 bridgehead atoms. The maximum atomic E-state index is 13.6. The van der Waals surface area contributed by atoms with Gasteiger partial charge in [-0.25, -0.2) is 17.5 Å². The molecule has 33 heavy (non-hydrogen) atoms. The molecule has 0 aliphatic carbocycles. The van der Waals surface area contributed by atoms with E-state index in [2.05, 4.69) is 9.97 Å². The third-order valence-electron chi connectivity index (χ3n) is 4.79. The summed E-state index contributed by atoms with van der Waals surface area (Å²) in [5.41, 5.74) is 5.90. The number of hydrogen-bond donors (Lipinski definition) is 5. The van der Waals surface area contributed by atoms with Crippen molar-refractivity contribution < 1.29 is 47.8 Å². The summed E-state index contributed by atoms with van der Waals surface area (Å²) in [6, 6.07) is 5.71.